The summed E-state index contributed by atoms with van der Waals surface area (Å²) in [7, 11) is 4.04. The molecule has 0 saturated carbocycles. The summed E-state index contributed by atoms with van der Waals surface area (Å²) in [4.78, 5) is 14.4. The van der Waals surface area contributed by atoms with Crippen LogP contribution in [0.1, 0.15) is 15.9 Å². The van der Waals surface area contributed by atoms with E-state index >= 15 is 0 Å². The summed E-state index contributed by atoms with van der Waals surface area (Å²) in [6, 6.07) is 5.73. The van der Waals surface area contributed by atoms with Gasteiger partial charge in [0.05, 0.1) is 24.0 Å². The number of hydrogen-bond donors (Lipinski definition) is 1. The molecule has 0 radical (unpaired) electrons. The Kier molecular flexibility index (Phi) is 5.35. The normalized spacial score (nSPS) is 10.9. The minimum absolute atomic E-state index is 0.102. The first-order valence-electron chi connectivity index (χ1n) is 6.71. The van der Waals surface area contributed by atoms with Crippen molar-refractivity contribution in [2.45, 2.75) is 13.5 Å². The predicted molar refractivity (Wildman–Crippen MR) is 92.6 cm³/mol. The summed E-state index contributed by atoms with van der Waals surface area (Å²) in [6.45, 7) is 3.70. The van der Waals surface area contributed by atoms with Crippen molar-refractivity contribution in [2.24, 2.45) is 0 Å². The Bertz CT molecular complexity index is 636. The summed E-state index contributed by atoms with van der Waals surface area (Å²) >= 11 is 2.20. The number of aromatic nitrogens is 2. The molecule has 0 saturated heterocycles. The zero-order valence-corrected chi connectivity index (χ0v) is 14.6. The molecule has 0 fully saturated rings. The Labute approximate surface area is 138 Å². The third-order valence-electron chi connectivity index (χ3n) is 3.10. The molecule has 0 aliphatic heterocycles. The average Bonchev–Trinajstić information content (AvgIpc) is 2.87. The van der Waals surface area contributed by atoms with Crippen molar-refractivity contribution in [3.63, 3.8) is 0 Å². The summed E-state index contributed by atoms with van der Waals surface area (Å²) in [5, 5.41) is 7.14. The molecule has 2 aromatic rings. The number of likely N-dealkylation sites (N-methyl/N-ethyl adjacent to an activating group) is 1. The van der Waals surface area contributed by atoms with Gasteiger partial charge in [0.1, 0.15) is 0 Å². The number of halogens is 1. The van der Waals surface area contributed by atoms with Crippen LogP contribution in [0.3, 0.4) is 0 Å². The number of aryl methyl sites for hydroxylation is 1. The highest BCUT2D eigenvalue weighted by Crippen LogP contribution is 2.18. The number of amides is 1. The molecular weight excluding hydrogens is 379 g/mol. The van der Waals surface area contributed by atoms with E-state index in [1.807, 2.05) is 50.1 Å². The molecule has 0 bridgehead atoms. The minimum Gasteiger partial charge on any atom is -0.319 e. The smallest absolute Gasteiger partial charge is 0.256 e. The Balaban J connectivity index is 2.04. The van der Waals surface area contributed by atoms with Crippen molar-refractivity contribution in [3.05, 3.63) is 45.3 Å². The molecule has 0 aliphatic rings. The molecule has 2 rings (SSSR count). The Morgan fingerprint density at radius 3 is 2.90 bits per heavy atom. The molecule has 0 unspecified atom stereocenters. The van der Waals surface area contributed by atoms with Crippen molar-refractivity contribution < 1.29 is 4.79 Å². The number of nitrogens with zero attached hydrogens (tertiary/aromatic N) is 3. The van der Waals surface area contributed by atoms with Gasteiger partial charge in [-0.2, -0.15) is 5.10 Å². The number of carbonyl (C=O) groups is 1. The van der Waals surface area contributed by atoms with Gasteiger partial charge in [0.2, 0.25) is 0 Å². The van der Waals surface area contributed by atoms with Crippen molar-refractivity contribution >= 4 is 34.2 Å². The average molecular weight is 398 g/mol. The van der Waals surface area contributed by atoms with Gasteiger partial charge in [-0.05, 0) is 55.2 Å². The highest BCUT2D eigenvalue weighted by atomic mass is 127. The van der Waals surface area contributed by atoms with Gasteiger partial charge >= 0.3 is 0 Å². The van der Waals surface area contributed by atoms with E-state index in [9.17, 15) is 4.79 Å². The minimum atomic E-state index is -0.102. The third-order valence-corrected chi connectivity index (χ3v) is 4.54. The standard InChI is InChI=1S/C15H19IN4O/c1-11-5-4-6-13(14(11)16)15(21)18-12-9-17-20(10-12)8-7-19(2)3/h4-6,9-10H,7-8H2,1-3H3,(H,18,21). The van der Waals surface area contributed by atoms with Crippen LogP contribution in [0, 0.1) is 10.5 Å². The molecule has 6 heteroatoms. The fraction of sp³-hybridized carbons (Fsp3) is 0.333. The van der Waals surface area contributed by atoms with Crippen LogP contribution in [0.2, 0.25) is 0 Å². The van der Waals surface area contributed by atoms with Gasteiger partial charge in [-0.1, -0.05) is 12.1 Å². The molecule has 5 nitrogen and oxygen atoms in total. The van der Waals surface area contributed by atoms with Gasteiger partial charge < -0.3 is 10.2 Å². The van der Waals surface area contributed by atoms with Gasteiger partial charge in [-0.15, -0.1) is 0 Å². The maximum atomic E-state index is 12.3. The Morgan fingerprint density at radius 1 is 1.43 bits per heavy atom. The topological polar surface area (TPSA) is 50.2 Å². The number of anilines is 1. The van der Waals surface area contributed by atoms with Crippen LogP contribution in [-0.4, -0.2) is 41.2 Å². The number of hydrogen-bond acceptors (Lipinski definition) is 3. The second-order valence-corrected chi connectivity index (χ2v) is 6.26. The van der Waals surface area contributed by atoms with Crippen LogP contribution in [0.25, 0.3) is 0 Å². The zero-order valence-electron chi connectivity index (χ0n) is 12.4. The molecule has 0 atom stereocenters. The third kappa shape index (κ3) is 4.28. The Morgan fingerprint density at radius 2 is 2.19 bits per heavy atom. The summed E-state index contributed by atoms with van der Waals surface area (Å²) in [5.74, 6) is -0.102. The van der Waals surface area contributed by atoms with E-state index in [-0.39, 0.29) is 5.91 Å². The molecule has 1 aromatic heterocycles. The van der Waals surface area contributed by atoms with Gasteiger partial charge in [0, 0.05) is 16.3 Å². The summed E-state index contributed by atoms with van der Waals surface area (Å²) < 4.78 is 2.81. The lowest BCUT2D eigenvalue weighted by molar-refractivity contribution is 0.102. The number of rotatable bonds is 5. The van der Waals surface area contributed by atoms with E-state index in [1.165, 1.54) is 0 Å². The second kappa shape index (κ2) is 7.04. The molecule has 1 N–H and O–H groups in total. The van der Waals surface area contributed by atoms with Gasteiger partial charge in [0.25, 0.3) is 5.91 Å². The number of benzene rings is 1. The zero-order chi connectivity index (χ0) is 15.4. The molecule has 0 spiro atoms. The quantitative estimate of drug-likeness (QED) is 0.788. The van der Waals surface area contributed by atoms with E-state index in [1.54, 1.807) is 6.20 Å². The SMILES string of the molecule is Cc1cccc(C(=O)Nc2cnn(CCN(C)C)c2)c1I. The van der Waals surface area contributed by atoms with Gasteiger partial charge in [-0.25, -0.2) is 0 Å². The lowest BCUT2D eigenvalue weighted by Gasteiger charge is -2.09. The second-order valence-electron chi connectivity index (χ2n) is 5.19. The van der Waals surface area contributed by atoms with Crippen molar-refractivity contribution in [1.29, 1.82) is 0 Å². The molecule has 21 heavy (non-hydrogen) atoms. The number of carbonyl (C=O) groups excluding carboxylic acids is 1. The van der Waals surface area contributed by atoms with Crippen LogP contribution in [0.5, 0.6) is 0 Å². The van der Waals surface area contributed by atoms with Crippen LogP contribution >= 0.6 is 22.6 Å². The van der Waals surface area contributed by atoms with E-state index in [0.29, 0.717) is 5.56 Å². The predicted octanol–water partition coefficient (Wildman–Crippen LogP) is 2.61. The molecular formula is C15H19IN4O. The van der Waals surface area contributed by atoms with E-state index < -0.39 is 0 Å². The van der Waals surface area contributed by atoms with E-state index in [4.69, 9.17) is 0 Å². The van der Waals surface area contributed by atoms with E-state index in [0.717, 1.165) is 27.9 Å². The highest BCUT2D eigenvalue weighted by Gasteiger charge is 2.12. The monoisotopic (exact) mass is 398 g/mol. The first kappa shape index (κ1) is 16.0. The van der Waals surface area contributed by atoms with Crippen LogP contribution < -0.4 is 5.32 Å². The largest absolute Gasteiger partial charge is 0.319 e. The molecule has 112 valence electrons. The fourth-order valence-corrected chi connectivity index (χ4v) is 2.48. The lowest BCUT2D eigenvalue weighted by Crippen LogP contribution is -2.18. The van der Waals surface area contributed by atoms with E-state index in [2.05, 4.69) is 37.9 Å². The van der Waals surface area contributed by atoms with Gasteiger partial charge in [0.15, 0.2) is 0 Å². The first-order chi connectivity index (χ1) is 9.97. The summed E-state index contributed by atoms with van der Waals surface area (Å²) in [6.07, 6.45) is 3.53. The molecule has 1 aromatic carbocycles. The van der Waals surface area contributed by atoms with Crippen molar-refractivity contribution in [1.82, 2.24) is 14.7 Å². The maximum Gasteiger partial charge on any atom is 0.256 e. The van der Waals surface area contributed by atoms with Crippen molar-refractivity contribution in [2.75, 3.05) is 26.0 Å². The van der Waals surface area contributed by atoms with Crippen LogP contribution in [0.15, 0.2) is 30.6 Å². The number of nitrogens with one attached hydrogen (secondary N) is 1. The van der Waals surface area contributed by atoms with Gasteiger partial charge in [-0.3, -0.25) is 9.48 Å². The highest BCUT2D eigenvalue weighted by molar-refractivity contribution is 14.1. The fourth-order valence-electron chi connectivity index (χ4n) is 1.87. The molecule has 0 aliphatic carbocycles. The van der Waals surface area contributed by atoms with Crippen LogP contribution in [0.4, 0.5) is 5.69 Å². The summed E-state index contributed by atoms with van der Waals surface area (Å²) in [5.41, 5.74) is 2.51. The van der Waals surface area contributed by atoms with Crippen LogP contribution in [-0.2, 0) is 6.54 Å². The maximum absolute atomic E-state index is 12.3. The first-order valence-corrected chi connectivity index (χ1v) is 7.79. The Hall–Kier alpha value is -1.41. The lowest BCUT2D eigenvalue weighted by atomic mass is 10.1. The van der Waals surface area contributed by atoms with Crippen molar-refractivity contribution in [3.8, 4) is 0 Å². The molecule has 1 amide bonds. The molecule has 1 heterocycles.